The van der Waals surface area contributed by atoms with Crippen LogP contribution in [0.4, 0.5) is 5.13 Å². The second-order valence-electron chi connectivity index (χ2n) is 4.60. The molecule has 0 unspecified atom stereocenters. The van der Waals surface area contributed by atoms with E-state index in [1.807, 2.05) is 36.6 Å². The molecule has 0 fully saturated rings. The van der Waals surface area contributed by atoms with Crippen molar-refractivity contribution in [3.63, 3.8) is 0 Å². The zero-order valence-corrected chi connectivity index (χ0v) is 14.5. The molecule has 0 atom stereocenters. The van der Waals surface area contributed by atoms with Gasteiger partial charge in [0.25, 0.3) is 5.91 Å². The molecule has 22 heavy (non-hydrogen) atoms. The first-order valence-corrected chi connectivity index (χ1v) is 8.77. The van der Waals surface area contributed by atoms with Gasteiger partial charge in [-0.1, -0.05) is 53.0 Å². The highest BCUT2D eigenvalue weighted by Gasteiger charge is 2.16. The molecule has 1 amide bonds. The molecule has 0 aliphatic carbocycles. The maximum absolute atomic E-state index is 12.2. The van der Waals surface area contributed by atoms with Gasteiger partial charge in [-0.05, 0) is 13.0 Å². The summed E-state index contributed by atoms with van der Waals surface area (Å²) in [4.78, 5) is 16.6. The van der Waals surface area contributed by atoms with Crippen LogP contribution < -0.4 is 5.32 Å². The molecule has 0 spiro atoms. The van der Waals surface area contributed by atoms with Crippen molar-refractivity contribution in [2.45, 2.75) is 6.92 Å². The quantitative estimate of drug-likeness (QED) is 0.640. The maximum atomic E-state index is 12.2. The maximum Gasteiger partial charge on any atom is 0.259 e. The van der Waals surface area contributed by atoms with E-state index in [4.69, 9.17) is 23.2 Å². The van der Waals surface area contributed by atoms with Crippen LogP contribution in [0, 0.1) is 6.92 Å². The third-order valence-corrected chi connectivity index (χ3v) is 5.22. The highest BCUT2D eigenvalue weighted by molar-refractivity contribution is 7.20. The van der Waals surface area contributed by atoms with Gasteiger partial charge in [-0.25, -0.2) is 4.98 Å². The number of anilines is 1. The zero-order chi connectivity index (χ0) is 15.7. The number of aryl methyl sites for hydroxylation is 1. The molecule has 0 aliphatic heterocycles. The lowest BCUT2D eigenvalue weighted by molar-refractivity contribution is 0.102. The summed E-state index contributed by atoms with van der Waals surface area (Å²) in [5.41, 5.74) is 3.40. The zero-order valence-electron chi connectivity index (χ0n) is 11.4. The number of nitrogens with one attached hydrogen (secondary N) is 1. The first-order chi connectivity index (χ1) is 10.5. The van der Waals surface area contributed by atoms with Gasteiger partial charge in [0.15, 0.2) is 5.13 Å². The van der Waals surface area contributed by atoms with Crippen molar-refractivity contribution in [2.75, 3.05) is 5.32 Å². The third kappa shape index (κ3) is 3.33. The van der Waals surface area contributed by atoms with Gasteiger partial charge in [0.1, 0.15) is 4.34 Å². The van der Waals surface area contributed by atoms with Crippen molar-refractivity contribution in [1.82, 2.24) is 4.98 Å². The molecule has 3 rings (SSSR count). The van der Waals surface area contributed by atoms with Crippen LogP contribution in [-0.2, 0) is 0 Å². The van der Waals surface area contributed by atoms with Crippen LogP contribution in [0.1, 0.15) is 15.9 Å². The van der Waals surface area contributed by atoms with Crippen molar-refractivity contribution >= 4 is 56.9 Å². The number of thiazole rings is 1. The molecule has 1 N–H and O–H groups in total. The average molecular weight is 369 g/mol. The number of halogens is 2. The van der Waals surface area contributed by atoms with Crippen LogP contribution in [0.15, 0.2) is 35.7 Å². The molecule has 3 aromatic rings. The van der Waals surface area contributed by atoms with Crippen molar-refractivity contribution in [2.24, 2.45) is 0 Å². The van der Waals surface area contributed by atoms with Gasteiger partial charge >= 0.3 is 0 Å². The minimum atomic E-state index is -0.307. The van der Waals surface area contributed by atoms with E-state index in [1.165, 1.54) is 16.9 Å². The fourth-order valence-corrected chi connectivity index (χ4v) is 4.02. The van der Waals surface area contributed by atoms with E-state index in [9.17, 15) is 4.79 Å². The van der Waals surface area contributed by atoms with Gasteiger partial charge in [0, 0.05) is 10.9 Å². The summed E-state index contributed by atoms with van der Waals surface area (Å²) in [6.07, 6.45) is 0. The van der Waals surface area contributed by atoms with Crippen LogP contribution in [0.3, 0.4) is 0 Å². The Morgan fingerprint density at radius 2 is 1.95 bits per heavy atom. The molecular weight excluding hydrogens is 359 g/mol. The molecule has 0 aliphatic rings. The second-order valence-corrected chi connectivity index (χ2v) is 7.74. The lowest BCUT2D eigenvalue weighted by Gasteiger charge is -2.00. The minimum absolute atomic E-state index is 0.307. The number of rotatable bonds is 3. The monoisotopic (exact) mass is 368 g/mol. The summed E-state index contributed by atoms with van der Waals surface area (Å²) < 4.78 is 0.854. The van der Waals surface area contributed by atoms with Gasteiger partial charge in [-0.3, -0.25) is 10.1 Å². The van der Waals surface area contributed by atoms with Crippen LogP contribution in [0.5, 0.6) is 0 Å². The normalized spacial score (nSPS) is 10.7. The number of hydrogen-bond donors (Lipinski definition) is 1. The first kappa shape index (κ1) is 15.5. The van der Waals surface area contributed by atoms with E-state index in [0.717, 1.165) is 22.6 Å². The van der Waals surface area contributed by atoms with E-state index in [1.54, 1.807) is 6.07 Å². The molecule has 0 bridgehead atoms. The summed E-state index contributed by atoms with van der Waals surface area (Å²) in [5, 5.41) is 5.18. The van der Waals surface area contributed by atoms with Crippen LogP contribution in [0.2, 0.25) is 8.67 Å². The highest BCUT2D eigenvalue weighted by Crippen LogP contribution is 2.32. The largest absolute Gasteiger partial charge is 0.298 e. The second kappa shape index (κ2) is 6.38. The van der Waals surface area contributed by atoms with Gasteiger partial charge in [0.05, 0.1) is 15.6 Å². The van der Waals surface area contributed by atoms with Crippen molar-refractivity contribution in [1.29, 1.82) is 0 Å². The topological polar surface area (TPSA) is 42.0 Å². The highest BCUT2D eigenvalue weighted by atomic mass is 35.5. The van der Waals surface area contributed by atoms with Crippen LogP contribution in [-0.4, -0.2) is 10.9 Å². The van der Waals surface area contributed by atoms with Crippen molar-refractivity contribution in [3.8, 4) is 11.3 Å². The first-order valence-electron chi connectivity index (χ1n) is 6.31. The van der Waals surface area contributed by atoms with Gasteiger partial charge in [-0.15, -0.1) is 22.7 Å². The van der Waals surface area contributed by atoms with E-state index >= 15 is 0 Å². The number of aromatic nitrogens is 1. The number of carbonyl (C=O) groups is 1. The third-order valence-electron chi connectivity index (χ3n) is 2.97. The van der Waals surface area contributed by atoms with Crippen molar-refractivity contribution < 1.29 is 4.79 Å². The van der Waals surface area contributed by atoms with E-state index in [0.29, 0.717) is 19.4 Å². The Balaban J connectivity index is 1.78. The molecule has 3 nitrogen and oxygen atoms in total. The van der Waals surface area contributed by atoms with Crippen LogP contribution >= 0.6 is 45.9 Å². The number of hydrogen-bond acceptors (Lipinski definition) is 4. The lowest BCUT2D eigenvalue weighted by atomic mass is 10.1. The SMILES string of the molecule is Cc1ccc(-c2csc(NC(=O)c3cc(Cl)sc3Cl)n2)cc1. The summed E-state index contributed by atoms with van der Waals surface area (Å²) in [7, 11) is 0. The lowest BCUT2D eigenvalue weighted by Crippen LogP contribution is -2.11. The fourth-order valence-electron chi connectivity index (χ4n) is 1.85. The molecule has 7 heteroatoms. The van der Waals surface area contributed by atoms with Crippen LogP contribution in [0.25, 0.3) is 11.3 Å². The Kier molecular flexibility index (Phi) is 4.49. The Labute approximate surface area is 145 Å². The van der Waals surface area contributed by atoms with Crippen molar-refractivity contribution in [3.05, 3.63) is 55.5 Å². The molecule has 0 saturated carbocycles. The number of benzene rings is 1. The Morgan fingerprint density at radius 1 is 1.23 bits per heavy atom. The standard InChI is InChI=1S/C15H10Cl2N2OS2/c1-8-2-4-9(5-3-8)11-7-21-15(18-11)19-14(20)10-6-12(16)22-13(10)17/h2-7H,1H3,(H,18,19,20). The van der Waals surface area contributed by atoms with E-state index in [-0.39, 0.29) is 5.91 Å². The smallest absolute Gasteiger partial charge is 0.259 e. The van der Waals surface area contributed by atoms with E-state index < -0.39 is 0 Å². The fraction of sp³-hybridized carbons (Fsp3) is 0.0667. The Morgan fingerprint density at radius 3 is 2.59 bits per heavy atom. The molecule has 0 saturated heterocycles. The van der Waals surface area contributed by atoms with Gasteiger partial charge < -0.3 is 0 Å². The number of amides is 1. The molecule has 1 aromatic carbocycles. The molecule has 112 valence electrons. The van der Waals surface area contributed by atoms with Gasteiger partial charge in [0.2, 0.25) is 0 Å². The number of thiophene rings is 1. The van der Waals surface area contributed by atoms with Gasteiger partial charge in [-0.2, -0.15) is 0 Å². The average Bonchev–Trinajstić information content (AvgIpc) is 3.06. The molecule has 2 aromatic heterocycles. The number of carbonyl (C=O) groups excluding carboxylic acids is 1. The summed E-state index contributed by atoms with van der Waals surface area (Å²) in [6.45, 7) is 2.03. The molecule has 2 heterocycles. The Hall–Kier alpha value is -1.40. The predicted molar refractivity (Wildman–Crippen MR) is 94.6 cm³/mol. The Bertz CT molecular complexity index is 824. The minimum Gasteiger partial charge on any atom is -0.298 e. The summed E-state index contributed by atoms with van der Waals surface area (Å²) in [6, 6.07) is 9.62. The molecule has 0 radical (unpaired) electrons. The number of nitrogens with zero attached hydrogens (tertiary/aromatic N) is 1. The molecular formula is C15H10Cl2N2OS2. The predicted octanol–water partition coefficient (Wildman–Crippen LogP) is 5.74. The van der Waals surface area contributed by atoms with E-state index in [2.05, 4.69) is 10.3 Å². The summed E-state index contributed by atoms with van der Waals surface area (Å²) >= 11 is 14.4. The summed E-state index contributed by atoms with van der Waals surface area (Å²) in [5.74, 6) is -0.307.